The molecule has 0 unspecified atom stereocenters. The summed E-state index contributed by atoms with van der Waals surface area (Å²) in [6.45, 7) is 2.91. The smallest absolute Gasteiger partial charge is 0.337 e. The number of amides is 1. The molecule has 0 heterocycles. The van der Waals surface area contributed by atoms with Crippen LogP contribution < -0.4 is 10.5 Å². The molecule has 0 aromatic heterocycles. The second-order valence-electron chi connectivity index (χ2n) is 6.83. The van der Waals surface area contributed by atoms with Crippen molar-refractivity contribution in [1.29, 1.82) is 0 Å². The monoisotopic (exact) mass is 432 g/mol. The van der Waals surface area contributed by atoms with Crippen molar-refractivity contribution in [3.05, 3.63) is 52.6 Å². The number of hydrogen-bond acceptors (Lipinski definition) is 6. The first-order valence-electron chi connectivity index (χ1n) is 8.87. The number of nitrogens with zero attached hydrogens (tertiary/aromatic N) is 1. The van der Waals surface area contributed by atoms with Gasteiger partial charge in [0, 0.05) is 31.4 Å². The summed E-state index contributed by atoms with van der Waals surface area (Å²) in [6, 6.07) is 5.63. The number of sulfone groups is 1. The van der Waals surface area contributed by atoms with Gasteiger partial charge < -0.3 is 20.5 Å². The van der Waals surface area contributed by atoms with Crippen LogP contribution in [-0.2, 0) is 14.6 Å². The van der Waals surface area contributed by atoms with Gasteiger partial charge in [-0.1, -0.05) is 0 Å². The quantitative estimate of drug-likeness (QED) is 0.530. The summed E-state index contributed by atoms with van der Waals surface area (Å²) in [5.41, 5.74) is 6.43. The molecule has 0 bridgehead atoms. The topological polar surface area (TPSA) is 127 Å². The number of hydrogen-bond donors (Lipinski definition) is 2. The van der Waals surface area contributed by atoms with E-state index in [1.807, 2.05) is 0 Å². The number of benzene rings is 2. The van der Waals surface area contributed by atoms with Crippen LogP contribution in [0.25, 0.3) is 6.08 Å². The van der Waals surface area contributed by atoms with E-state index in [0.29, 0.717) is 5.75 Å². The van der Waals surface area contributed by atoms with Gasteiger partial charge in [-0.15, -0.1) is 0 Å². The van der Waals surface area contributed by atoms with E-state index >= 15 is 0 Å². The van der Waals surface area contributed by atoms with Crippen LogP contribution in [0.3, 0.4) is 0 Å². The summed E-state index contributed by atoms with van der Waals surface area (Å²) < 4.78 is 31.7. The molecule has 0 aliphatic carbocycles. The Bertz CT molecular complexity index is 1130. The molecular weight excluding hydrogens is 408 g/mol. The highest BCUT2D eigenvalue weighted by molar-refractivity contribution is 7.91. The number of nitrogens with two attached hydrogens (primary N) is 1. The maximum atomic E-state index is 13.3. The third kappa shape index (κ3) is 4.16. The summed E-state index contributed by atoms with van der Waals surface area (Å²) in [4.78, 5) is 24.8. The zero-order chi connectivity index (χ0) is 22.8. The molecule has 2 aromatic carbocycles. The lowest BCUT2D eigenvalue weighted by molar-refractivity contribution is -0.123. The maximum Gasteiger partial charge on any atom is 0.337 e. The highest BCUT2D eigenvalue weighted by Crippen LogP contribution is 2.37. The SMILES string of the molecule is COc1ccc(S(=O)(=O)c2c(C)c(N)c(C=CC(=O)N(C)C)c(C)c2C(=O)O)cc1. The fourth-order valence-corrected chi connectivity index (χ4v) is 4.76. The number of methoxy groups -OCH3 is 1. The Morgan fingerprint density at radius 3 is 2.13 bits per heavy atom. The molecule has 0 spiro atoms. The predicted octanol–water partition coefficient (Wildman–Crippen LogP) is 2.53. The Labute approximate surface area is 175 Å². The highest BCUT2D eigenvalue weighted by atomic mass is 32.2. The zero-order valence-corrected chi connectivity index (χ0v) is 18.2. The van der Waals surface area contributed by atoms with Crippen molar-refractivity contribution in [2.24, 2.45) is 0 Å². The Kier molecular flexibility index (Phi) is 6.57. The number of carbonyl (C=O) groups excluding carboxylic acids is 1. The van der Waals surface area contributed by atoms with Crippen LogP contribution in [0.5, 0.6) is 5.75 Å². The van der Waals surface area contributed by atoms with Crippen molar-refractivity contribution in [2.75, 3.05) is 26.9 Å². The van der Waals surface area contributed by atoms with Gasteiger partial charge >= 0.3 is 5.97 Å². The Morgan fingerprint density at radius 2 is 1.67 bits per heavy atom. The second kappa shape index (κ2) is 8.58. The fourth-order valence-electron chi connectivity index (χ4n) is 3.00. The van der Waals surface area contributed by atoms with Crippen LogP contribution in [0.2, 0.25) is 0 Å². The Balaban J connectivity index is 2.80. The van der Waals surface area contributed by atoms with Crippen LogP contribution in [0.4, 0.5) is 5.69 Å². The van der Waals surface area contributed by atoms with E-state index < -0.39 is 15.8 Å². The molecule has 2 aromatic rings. The van der Waals surface area contributed by atoms with Crippen LogP contribution in [-0.4, -0.2) is 51.5 Å². The van der Waals surface area contributed by atoms with Crippen molar-refractivity contribution < 1.29 is 27.9 Å². The largest absolute Gasteiger partial charge is 0.497 e. The average molecular weight is 432 g/mol. The van der Waals surface area contributed by atoms with Gasteiger partial charge in [0.25, 0.3) is 0 Å². The second-order valence-corrected chi connectivity index (χ2v) is 8.72. The normalized spacial score (nSPS) is 11.5. The number of anilines is 1. The van der Waals surface area contributed by atoms with Crippen molar-refractivity contribution in [2.45, 2.75) is 23.6 Å². The van der Waals surface area contributed by atoms with Gasteiger partial charge in [-0.05, 0) is 55.3 Å². The van der Waals surface area contributed by atoms with E-state index in [9.17, 15) is 23.1 Å². The van der Waals surface area contributed by atoms with E-state index in [4.69, 9.17) is 10.5 Å². The number of nitrogen functional groups attached to an aromatic ring is 1. The fraction of sp³-hybridized carbons (Fsp3) is 0.238. The van der Waals surface area contributed by atoms with Crippen LogP contribution in [0, 0.1) is 13.8 Å². The molecule has 160 valence electrons. The number of aromatic carboxylic acids is 1. The number of carbonyl (C=O) groups is 2. The molecule has 3 N–H and O–H groups in total. The third-order valence-corrected chi connectivity index (χ3v) is 6.67. The lowest BCUT2D eigenvalue weighted by Gasteiger charge is -2.19. The number of likely N-dealkylation sites (N-methyl/N-ethyl adjacent to an activating group) is 1. The lowest BCUT2D eigenvalue weighted by atomic mass is 9.96. The molecule has 0 atom stereocenters. The number of rotatable bonds is 6. The molecule has 8 nitrogen and oxygen atoms in total. The van der Waals surface area contributed by atoms with E-state index in [1.54, 1.807) is 14.1 Å². The summed E-state index contributed by atoms with van der Waals surface area (Å²) >= 11 is 0. The highest BCUT2D eigenvalue weighted by Gasteiger charge is 2.31. The molecule has 0 aliphatic rings. The van der Waals surface area contributed by atoms with Crippen molar-refractivity contribution in [3.8, 4) is 5.75 Å². The van der Waals surface area contributed by atoms with Gasteiger partial charge in [0.1, 0.15) is 5.75 Å². The molecular formula is C21H24N2O6S. The standard InChI is InChI=1S/C21H24N2O6S/c1-12-16(10-11-17(24)23(3)4)19(22)13(2)20(18(12)21(25)26)30(27,28)15-8-6-14(29-5)7-9-15/h6-11H,22H2,1-5H3,(H,25,26). The van der Waals surface area contributed by atoms with Crippen LogP contribution in [0.15, 0.2) is 40.1 Å². The van der Waals surface area contributed by atoms with Crippen molar-refractivity contribution >= 4 is 33.5 Å². The zero-order valence-electron chi connectivity index (χ0n) is 17.4. The number of carboxylic acids is 1. The predicted molar refractivity (Wildman–Crippen MR) is 113 cm³/mol. The van der Waals surface area contributed by atoms with Gasteiger partial charge in [-0.25, -0.2) is 13.2 Å². The van der Waals surface area contributed by atoms with Crippen LogP contribution in [0.1, 0.15) is 27.0 Å². The Morgan fingerprint density at radius 1 is 1.10 bits per heavy atom. The van der Waals surface area contributed by atoms with Gasteiger partial charge in [-0.3, -0.25) is 4.79 Å². The molecule has 2 rings (SSSR count). The lowest BCUT2D eigenvalue weighted by Crippen LogP contribution is -2.19. The van der Waals surface area contributed by atoms with Gasteiger partial charge in [0.15, 0.2) is 0 Å². The minimum Gasteiger partial charge on any atom is -0.497 e. The molecule has 0 saturated carbocycles. The molecule has 0 radical (unpaired) electrons. The molecule has 0 saturated heterocycles. The van der Waals surface area contributed by atoms with E-state index in [2.05, 4.69) is 0 Å². The van der Waals surface area contributed by atoms with Gasteiger partial charge in [0.05, 0.1) is 22.5 Å². The first-order valence-corrected chi connectivity index (χ1v) is 10.4. The first kappa shape index (κ1) is 23.0. The summed E-state index contributed by atoms with van der Waals surface area (Å²) in [5.74, 6) is -1.26. The van der Waals surface area contributed by atoms with Gasteiger partial charge in [0.2, 0.25) is 15.7 Å². The van der Waals surface area contributed by atoms with Crippen molar-refractivity contribution in [1.82, 2.24) is 4.90 Å². The van der Waals surface area contributed by atoms with Crippen molar-refractivity contribution in [3.63, 3.8) is 0 Å². The average Bonchev–Trinajstić information content (AvgIpc) is 2.69. The minimum absolute atomic E-state index is 0.0845. The summed E-state index contributed by atoms with van der Waals surface area (Å²) in [6.07, 6.45) is 2.65. The number of carboxylic acid groups (broad SMARTS) is 1. The van der Waals surface area contributed by atoms with Crippen LogP contribution >= 0.6 is 0 Å². The van der Waals surface area contributed by atoms with E-state index in [0.717, 1.165) is 0 Å². The molecule has 0 aliphatic heterocycles. The summed E-state index contributed by atoms with van der Waals surface area (Å²) in [5, 5.41) is 9.82. The molecule has 9 heteroatoms. The molecule has 1 amide bonds. The Hall–Kier alpha value is -3.33. The molecule has 0 fully saturated rings. The molecule has 30 heavy (non-hydrogen) atoms. The number of ether oxygens (including phenoxy) is 1. The summed E-state index contributed by atoms with van der Waals surface area (Å²) in [7, 11) is 0.401. The minimum atomic E-state index is -4.19. The van der Waals surface area contributed by atoms with E-state index in [-0.39, 0.29) is 43.6 Å². The first-order chi connectivity index (χ1) is 13.9. The van der Waals surface area contributed by atoms with Gasteiger partial charge in [-0.2, -0.15) is 0 Å². The van der Waals surface area contributed by atoms with E-state index in [1.165, 1.54) is 62.3 Å². The third-order valence-electron chi connectivity index (χ3n) is 4.73. The maximum absolute atomic E-state index is 13.3.